The number of nitrogens with one attached hydrogen (secondary N) is 1. The first-order valence-corrected chi connectivity index (χ1v) is 8.18. The fraction of sp³-hybridized carbons (Fsp3) is 0.0769. The highest BCUT2D eigenvalue weighted by Gasteiger charge is 2.12. The Kier molecular flexibility index (Phi) is 4.03. The van der Waals surface area contributed by atoms with E-state index in [2.05, 4.69) is 15.3 Å². The molecule has 0 bridgehead atoms. The minimum absolute atomic E-state index is 0.598. The molecule has 0 amide bonds. The number of halogens is 2. The van der Waals surface area contributed by atoms with Crippen LogP contribution in [-0.4, -0.2) is 17.0 Å². The van der Waals surface area contributed by atoms with Crippen molar-refractivity contribution >= 4 is 62.5 Å². The Labute approximate surface area is 134 Å². The first-order chi connectivity index (χ1) is 9.67. The Morgan fingerprint density at radius 1 is 1.20 bits per heavy atom. The van der Waals surface area contributed by atoms with Gasteiger partial charge in [0.2, 0.25) is 5.95 Å². The highest BCUT2D eigenvalue weighted by atomic mass is 35.5. The number of benzene rings is 1. The number of rotatable bonds is 3. The van der Waals surface area contributed by atoms with Crippen molar-refractivity contribution in [1.82, 2.24) is 9.97 Å². The Balaban J connectivity index is 2.09. The molecule has 3 rings (SSSR count). The summed E-state index contributed by atoms with van der Waals surface area (Å²) in [6.45, 7) is 0. The van der Waals surface area contributed by atoms with E-state index in [4.69, 9.17) is 23.2 Å². The second kappa shape index (κ2) is 5.77. The third-order valence-electron chi connectivity index (χ3n) is 2.61. The van der Waals surface area contributed by atoms with E-state index < -0.39 is 0 Å². The molecule has 0 aliphatic carbocycles. The standard InChI is InChI=1S/C13H9Cl2N3S2/c1-16-13-17-11-8(4-5-19-11)12(18-13)20-10-6-7(14)2-3-9(10)15/h2-6H,1H3,(H,16,17,18). The second-order valence-corrected chi connectivity index (χ2v) is 6.69. The van der Waals surface area contributed by atoms with Crippen LogP contribution in [0.4, 0.5) is 5.95 Å². The molecule has 2 aromatic heterocycles. The van der Waals surface area contributed by atoms with E-state index >= 15 is 0 Å². The third-order valence-corrected chi connectivity index (χ3v) is 5.16. The van der Waals surface area contributed by atoms with Crippen LogP contribution in [0.3, 0.4) is 0 Å². The van der Waals surface area contributed by atoms with Crippen LogP contribution in [0.5, 0.6) is 0 Å². The van der Waals surface area contributed by atoms with Crippen molar-refractivity contribution in [3.63, 3.8) is 0 Å². The number of nitrogens with zero attached hydrogens (tertiary/aromatic N) is 2. The van der Waals surface area contributed by atoms with Gasteiger partial charge in [-0.05, 0) is 29.6 Å². The van der Waals surface area contributed by atoms with Crippen LogP contribution in [0.2, 0.25) is 10.0 Å². The molecule has 102 valence electrons. The van der Waals surface area contributed by atoms with E-state index in [0.717, 1.165) is 20.1 Å². The van der Waals surface area contributed by atoms with Crippen molar-refractivity contribution in [3.05, 3.63) is 39.7 Å². The fourth-order valence-corrected chi connectivity index (χ4v) is 3.94. The first-order valence-electron chi connectivity index (χ1n) is 5.73. The molecule has 0 unspecified atom stereocenters. The summed E-state index contributed by atoms with van der Waals surface area (Å²) in [6, 6.07) is 7.42. The van der Waals surface area contributed by atoms with Gasteiger partial charge in [-0.2, -0.15) is 0 Å². The largest absolute Gasteiger partial charge is 0.357 e. The molecule has 0 fully saturated rings. The zero-order chi connectivity index (χ0) is 14.1. The van der Waals surface area contributed by atoms with Crippen molar-refractivity contribution in [2.75, 3.05) is 12.4 Å². The van der Waals surface area contributed by atoms with E-state index in [-0.39, 0.29) is 0 Å². The van der Waals surface area contributed by atoms with Crippen molar-refractivity contribution in [1.29, 1.82) is 0 Å². The maximum absolute atomic E-state index is 6.21. The molecule has 0 spiro atoms. The summed E-state index contributed by atoms with van der Waals surface area (Å²) in [5.41, 5.74) is 0. The van der Waals surface area contributed by atoms with E-state index in [1.165, 1.54) is 11.8 Å². The summed E-state index contributed by atoms with van der Waals surface area (Å²) in [5, 5.41) is 8.18. The molecule has 0 radical (unpaired) electrons. The molecule has 3 aromatic rings. The van der Waals surface area contributed by atoms with Gasteiger partial charge < -0.3 is 5.32 Å². The predicted molar refractivity (Wildman–Crippen MR) is 87.5 cm³/mol. The molecule has 1 aromatic carbocycles. The fourth-order valence-electron chi connectivity index (χ4n) is 1.68. The Morgan fingerprint density at radius 3 is 2.85 bits per heavy atom. The average Bonchev–Trinajstić information content (AvgIpc) is 2.91. The molecule has 0 atom stereocenters. The van der Waals surface area contributed by atoms with Gasteiger partial charge in [0.1, 0.15) is 9.86 Å². The van der Waals surface area contributed by atoms with Gasteiger partial charge in [-0.25, -0.2) is 9.97 Å². The zero-order valence-corrected chi connectivity index (χ0v) is 13.5. The van der Waals surface area contributed by atoms with E-state index in [1.54, 1.807) is 30.5 Å². The molecule has 7 heteroatoms. The van der Waals surface area contributed by atoms with Gasteiger partial charge in [0.05, 0.1) is 5.02 Å². The highest BCUT2D eigenvalue weighted by molar-refractivity contribution is 7.99. The smallest absolute Gasteiger partial charge is 0.224 e. The number of thiophene rings is 1. The van der Waals surface area contributed by atoms with Crippen molar-refractivity contribution in [3.8, 4) is 0 Å². The maximum atomic E-state index is 6.21. The van der Waals surface area contributed by atoms with Crippen LogP contribution in [-0.2, 0) is 0 Å². The summed E-state index contributed by atoms with van der Waals surface area (Å²) in [6.07, 6.45) is 0. The maximum Gasteiger partial charge on any atom is 0.224 e. The van der Waals surface area contributed by atoms with Crippen LogP contribution in [0.25, 0.3) is 10.2 Å². The normalized spacial score (nSPS) is 10.9. The number of hydrogen-bond acceptors (Lipinski definition) is 5. The summed E-state index contributed by atoms with van der Waals surface area (Å²) in [4.78, 5) is 10.8. The Hall–Kier alpha value is -1.01. The zero-order valence-electron chi connectivity index (χ0n) is 10.4. The lowest BCUT2D eigenvalue weighted by atomic mass is 10.4. The monoisotopic (exact) mass is 341 g/mol. The van der Waals surface area contributed by atoms with E-state index in [0.29, 0.717) is 16.0 Å². The molecule has 2 heterocycles. The third kappa shape index (κ3) is 2.72. The van der Waals surface area contributed by atoms with Gasteiger partial charge >= 0.3 is 0 Å². The second-order valence-electron chi connectivity index (χ2n) is 3.92. The number of aromatic nitrogens is 2. The molecular weight excluding hydrogens is 333 g/mol. The summed E-state index contributed by atoms with van der Waals surface area (Å²) >= 11 is 15.3. The van der Waals surface area contributed by atoms with Gasteiger partial charge in [-0.15, -0.1) is 11.3 Å². The van der Waals surface area contributed by atoms with Crippen molar-refractivity contribution in [2.45, 2.75) is 9.92 Å². The molecule has 0 saturated carbocycles. The summed E-state index contributed by atoms with van der Waals surface area (Å²) < 4.78 is 0. The summed E-state index contributed by atoms with van der Waals surface area (Å²) in [5.74, 6) is 0.598. The molecule has 20 heavy (non-hydrogen) atoms. The average molecular weight is 342 g/mol. The lowest BCUT2D eigenvalue weighted by Crippen LogP contribution is -1.97. The topological polar surface area (TPSA) is 37.8 Å². The molecule has 3 nitrogen and oxygen atoms in total. The number of hydrogen-bond donors (Lipinski definition) is 1. The van der Waals surface area contributed by atoms with Gasteiger partial charge in [-0.1, -0.05) is 35.0 Å². The summed E-state index contributed by atoms with van der Waals surface area (Å²) in [7, 11) is 1.80. The Bertz CT molecular complexity index is 773. The molecule has 0 aliphatic heterocycles. The molecule has 1 N–H and O–H groups in total. The van der Waals surface area contributed by atoms with Crippen LogP contribution in [0, 0.1) is 0 Å². The molecule has 0 aliphatic rings. The van der Waals surface area contributed by atoms with Gasteiger partial charge in [0, 0.05) is 22.4 Å². The minimum atomic E-state index is 0.598. The van der Waals surface area contributed by atoms with E-state index in [1.807, 2.05) is 17.5 Å². The highest BCUT2D eigenvalue weighted by Crippen LogP contribution is 2.38. The van der Waals surface area contributed by atoms with E-state index in [9.17, 15) is 0 Å². The van der Waals surface area contributed by atoms with Crippen LogP contribution in [0.15, 0.2) is 39.6 Å². The Morgan fingerprint density at radius 2 is 2.05 bits per heavy atom. The lowest BCUT2D eigenvalue weighted by Gasteiger charge is -2.07. The van der Waals surface area contributed by atoms with Crippen molar-refractivity contribution in [2.24, 2.45) is 0 Å². The SMILES string of the molecule is CNc1nc(Sc2cc(Cl)ccc2Cl)c2ccsc2n1. The van der Waals surface area contributed by atoms with Crippen LogP contribution >= 0.6 is 46.3 Å². The molecule has 0 saturated heterocycles. The number of anilines is 1. The van der Waals surface area contributed by atoms with Gasteiger partial charge in [0.25, 0.3) is 0 Å². The van der Waals surface area contributed by atoms with Gasteiger partial charge in [0.15, 0.2) is 0 Å². The lowest BCUT2D eigenvalue weighted by molar-refractivity contribution is 1.10. The van der Waals surface area contributed by atoms with Crippen LogP contribution < -0.4 is 5.32 Å². The van der Waals surface area contributed by atoms with Crippen LogP contribution in [0.1, 0.15) is 0 Å². The first kappa shape index (κ1) is 13.9. The minimum Gasteiger partial charge on any atom is -0.357 e. The van der Waals surface area contributed by atoms with Gasteiger partial charge in [-0.3, -0.25) is 0 Å². The predicted octanol–water partition coefficient (Wildman–Crippen LogP) is 5.19. The van der Waals surface area contributed by atoms with Crippen molar-refractivity contribution < 1.29 is 0 Å². The quantitative estimate of drug-likeness (QED) is 0.665. The number of fused-ring (bicyclic) bond motifs is 1. The molecular formula is C13H9Cl2N3S2.